The summed E-state index contributed by atoms with van der Waals surface area (Å²) in [5.41, 5.74) is 2.50. The van der Waals surface area contributed by atoms with E-state index in [-0.39, 0.29) is 11.8 Å². The first-order valence-corrected chi connectivity index (χ1v) is 8.24. The minimum atomic E-state index is -0.305. The molecule has 0 amide bonds. The van der Waals surface area contributed by atoms with E-state index in [0.29, 0.717) is 10.7 Å². The molecule has 118 valence electrons. The van der Waals surface area contributed by atoms with Crippen LogP contribution in [0.1, 0.15) is 32.4 Å². The monoisotopic (exact) mass is 382 g/mol. The van der Waals surface area contributed by atoms with Crippen molar-refractivity contribution in [1.82, 2.24) is 10.2 Å². The molecule has 0 radical (unpaired) electrons. The smallest absolute Gasteiger partial charge is 0.173 e. The molecule has 0 aromatic heterocycles. The van der Waals surface area contributed by atoms with Gasteiger partial charge in [-0.25, -0.2) is 0 Å². The van der Waals surface area contributed by atoms with Gasteiger partial charge in [-0.15, -0.1) is 0 Å². The maximum atomic E-state index is 12.2. The van der Waals surface area contributed by atoms with Crippen molar-refractivity contribution < 1.29 is 9.53 Å². The number of thiocarbonyl (C=S) groups is 1. The van der Waals surface area contributed by atoms with Gasteiger partial charge < -0.3 is 15.0 Å². The first-order chi connectivity index (χ1) is 10.4. The van der Waals surface area contributed by atoms with Gasteiger partial charge in [0.25, 0.3) is 0 Å². The number of ether oxygens (including phenoxy) is 1. The molecule has 1 unspecified atom stereocenters. The lowest BCUT2D eigenvalue weighted by Gasteiger charge is -2.37. The number of ketones is 1. The second-order valence-corrected chi connectivity index (χ2v) is 6.37. The SMILES string of the molecule is CCN1C(=S)NC(c2cc(Br)ccc2OC)C(C(C)=O)=C1C. The highest BCUT2D eigenvalue weighted by Crippen LogP contribution is 2.36. The Hall–Kier alpha value is -1.40. The van der Waals surface area contributed by atoms with Crippen molar-refractivity contribution in [3.8, 4) is 5.75 Å². The Kier molecular flexibility index (Phi) is 5.24. The van der Waals surface area contributed by atoms with Crippen molar-refractivity contribution in [2.24, 2.45) is 0 Å². The maximum absolute atomic E-state index is 12.2. The van der Waals surface area contributed by atoms with Crippen LogP contribution >= 0.6 is 28.1 Å². The van der Waals surface area contributed by atoms with Gasteiger partial charge in [0.05, 0.1) is 13.2 Å². The molecule has 0 aliphatic carbocycles. The van der Waals surface area contributed by atoms with E-state index in [1.807, 2.05) is 36.9 Å². The topological polar surface area (TPSA) is 41.6 Å². The number of methoxy groups -OCH3 is 1. The highest BCUT2D eigenvalue weighted by atomic mass is 79.9. The molecule has 1 aromatic rings. The van der Waals surface area contributed by atoms with Crippen LogP contribution in [-0.4, -0.2) is 29.5 Å². The van der Waals surface area contributed by atoms with Crippen molar-refractivity contribution in [2.75, 3.05) is 13.7 Å². The second kappa shape index (κ2) is 6.79. The fourth-order valence-electron chi connectivity index (χ4n) is 2.78. The highest BCUT2D eigenvalue weighted by molar-refractivity contribution is 9.10. The Balaban J connectivity index is 2.63. The lowest BCUT2D eigenvalue weighted by molar-refractivity contribution is -0.114. The predicted octanol–water partition coefficient (Wildman–Crippen LogP) is 3.57. The van der Waals surface area contributed by atoms with Crippen LogP contribution in [0.25, 0.3) is 0 Å². The van der Waals surface area contributed by atoms with Crippen LogP contribution in [0.2, 0.25) is 0 Å². The lowest BCUT2D eigenvalue weighted by Crippen LogP contribution is -2.47. The summed E-state index contributed by atoms with van der Waals surface area (Å²) in [7, 11) is 1.62. The normalized spacial score (nSPS) is 18.3. The van der Waals surface area contributed by atoms with Gasteiger partial charge in [0.2, 0.25) is 0 Å². The molecule has 6 heteroatoms. The number of halogens is 1. The molecule has 2 rings (SSSR count). The zero-order valence-corrected chi connectivity index (χ0v) is 15.5. The first kappa shape index (κ1) is 17.0. The Morgan fingerprint density at radius 2 is 2.18 bits per heavy atom. The van der Waals surface area contributed by atoms with E-state index in [1.165, 1.54) is 0 Å². The summed E-state index contributed by atoms with van der Waals surface area (Å²) >= 11 is 8.93. The molecule has 0 spiro atoms. The summed E-state index contributed by atoms with van der Waals surface area (Å²) in [5, 5.41) is 3.90. The predicted molar refractivity (Wildman–Crippen MR) is 94.9 cm³/mol. The number of hydrogen-bond donors (Lipinski definition) is 1. The molecule has 0 bridgehead atoms. The van der Waals surface area contributed by atoms with Gasteiger partial charge in [-0.1, -0.05) is 15.9 Å². The summed E-state index contributed by atoms with van der Waals surface area (Å²) in [5.74, 6) is 0.748. The minimum Gasteiger partial charge on any atom is -0.496 e. The largest absolute Gasteiger partial charge is 0.496 e. The molecule has 22 heavy (non-hydrogen) atoms. The van der Waals surface area contributed by atoms with Crippen LogP contribution in [0.3, 0.4) is 0 Å². The Labute approximate surface area is 144 Å². The number of rotatable bonds is 4. The zero-order chi connectivity index (χ0) is 16.4. The number of carbonyl (C=O) groups is 1. The number of nitrogens with zero attached hydrogens (tertiary/aromatic N) is 1. The zero-order valence-electron chi connectivity index (χ0n) is 13.1. The van der Waals surface area contributed by atoms with Crippen LogP contribution < -0.4 is 10.1 Å². The lowest BCUT2D eigenvalue weighted by atomic mass is 9.92. The molecule has 4 nitrogen and oxygen atoms in total. The number of nitrogens with one attached hydrogen (secondary N) is 1. The standard InChI is InChI=1S/C16H19BrN2O2S/c1-5-19-9(2)14(10(3)20)15(18-16(19)22)12-8-11(17)6-7-13(12)21-4/h6-8,15H,5H2,1-4H3,(H,18,22). The summed E-state index contributed by atoms with van der Waals surface area (Å²) in [6.45, 7) is 6.25. The number of carbonyl (C=O) groups excluding carboxylic acids is 1. The molecular weight excluding hydrogens is 364 g/mol. The molecule has 0 saturated heterocycles. The van der Waals surface area contributed by atoms with E-state index in [4.69, 9.17) is 17.0 Å². The van der Waals surface area contributed by atoms with Gasteiger partial charge in [-0.05, 0) is 51.2 Å². The van der Waals surface area contributed by atoms with Gasteiger partial charge in [-0.3, -0.25) is 4.79 Å². The van der Waals surface area contributed by atoms with Crippen LogP contribution in [0.15, 0.2) is 33.9 Å². The molecule has 1 aliphatic heterocycles. The molecule has 0 fully saturated rings. The summed E-state index contributed by atoms with van der Waals surface area (Å²) in [4.78, 5) is 14.2. The fraction of sp³-hybridized carbons (Fsp3) is 0.375. The summed E-state index contributed by atoms with van der Waals surface area (Å²) in [6.07, 6.45) is 0. The fourth-order valence-corrected chi connectivity index (χ4v) is 3.55. The van der Waals surface area contributed by atoms with Crippen LogP contribution in [0, 0.1) is 0 Å². The van der Waals surface area contributed by atoms with E-state index in [2.05, 4.69) is 21.2 Å². The van der Waals surface area contributed by atoms with Crippen molar-refractivity contribution in [3.63, 3.8) is 0 Å². The quantitative estimate of drug-likeness (QED) is 0.806. The van der Waals surface area contributed by atoms with Crippen LogP contribution in [0.4, 0.5) is 0 Å². The third kappa shape index (κ3) is 3.03. The Morgan fingerprint density at radius 1 is 1.50 bits per heavy atom. The minimum absolute atomic E-state index is 0.0259. The number of benzene rings is 1. The number of Topliss-reactive ketones (excluding diaryl/α,β-unsaturated/α-hetero) is 1. The Morgan fingerprint density at radius 3 is 2.73 bits per heavy atom. The van der Waals surface area contributed by atoms with Crippen molar-refractivity contribution in [3.05, 3.63) is 39.5 Å². The van der Waals surface area contributed by atoms with E-state index in [1.54, 1.807) is 14.0 Å². The third-order valence-electron chi connectivity index (χ3n) is 3.79. The van der Waals surface area contributed by atoms with Crippen molar-refractivity contribution in [2.45, 2.75) is 26.8 Å². The second-order valence-electron chi connectivity index (χ2n) is 5.07. The number of hydrogen-bond acceptors (Lipinski definition) is 3. The van der Waals surface area contributed by atoms with Gasteiger partial charge in [-0.2, -0.15) is 0 Å². The van der Waals surface area contributed by atoms with Gasteiger partial charge in [0, 0.05) is 27.9 Å². The van der Waals surface area contributed by atoms with Gasteiger partial charge in [0.1, 0.15) is 5.75 Å². The van der Waals surface area contributed by atoms with Crippen molar-refractivity contribution in [1.29, 1.82) is 0 Å². The molecule has 1 aliphatic rings. The summed E-state index contributed by atoms with van der Waals surface area (Å²) < 4.78 is 6.38. The third-order valence-corrected chi connectivity index (χ3v) is 4.63. The van der Waals surface area contributed by atoms with Crippen molar-refractivity contribution >= 4 is 39.0 Å². The highest BCUT2D eigenvalue weighted by Gasteiger charge is 2.33. The summed E-state index contributed by atoms with van der Waals surface area (Å²) in [6, 6.07) is 5.44. The molecule has 1 heterocycles. The van der Waals surface area contributed by atoms with Gasteiger partial charge >= 0.3 is 0 Å². The molecule has 1 N–H and O–H groups in total. The van der Waals surface area contributed by atoms with E-state index in [9.17, 15) is 4.79 Å². The van der Waals surface area contributed by atoms with Crippen LogP contribution in [-0.2, 0) is 4.79 Å². The van der Waals surface area contributed by atoms with Crippen LogP contribution in [0.5, 0.6) is 5.75 Å². The molecule has 1 atom stereocenters. The first-order valence-electron chi connectivity index (χ1n) is 7.03. The average molecular weight is 383 g/mol. The molecular formula is C16H19BrN2O2S. The van der Waals surface area contributed by atoms with E-state index in [0.717, 1.165) is 28.0 Å². The van der Waals surface area contributed by atoms with E-state index < -0.39 is 0 Å². The Bertz CT molecular complexity index is 658. The van der Waals surface area contributed by atoms with Gasteiger partial charge in [0.15, 0.2) is 10.9 Å². The number of allylic oxidation sites excluding steroid dienone is 1. The maximum Gasteiger partial charge on any atom is 0.173 e. The van der Waals surface area contributed by atoms with E-state index >= 15 is 0 Å². The molecule has 1 aromatic carbocycles. The molecule has 0 saturated carbocycles. The average Bonchev–Trinajstić information content (AvgIpc) is 2.46.